The highest BCUT2D eigenvalue weighted by Gasteiger charge is 2.45. The first-order valence-corrected chi connectivity index (χ1v) is 18.8. The maximum absolute atomic E-state index is 14.2. The van der Waals surface area contributed by atoms with Crippen molar-refractivity contribution in [3.8, 4) is 28.9 Å². The topological polar surface area (TPSA) is 121 Å². The summed E-state index contributed by atoms with van der Waals surface area (Å²) in [7, 11) is 2.16. The molecule has 54 heavy (non-hydrogen) atoms. The van der Waals surface area contributed by atoms with Gasteiger partial charge >= 0.3 is 6.01 Å². The molecule has 3 aliphatic rings. The van der Waals surface area contributed by atoms with Gasteiger partial charge < -0.3 is 19.5 Å². The van der Waals surface area contributed by atoms with Crippen LogP contribution in [0.3, 0.4) is 0 Å². The summed E-state index contributed by atoms with van der Waals surface area (Å²) in [6, 6.07) is 13.8. The van der Waals surface area contributed by atoms with Crippen LogP contribution in [0.1, 0.15) is 108 Å². The van der Waals surface area contributed by atoms with E-state index in [1.165, 1.54) is 6.07 Å². The number of amides is 2. The number of aromatic nitrogens is 3. The monoisotopic (exact) mass is 732 g/mol. The van der Waals surface area contributed by atoms with Crippen LogP contribution in [0.4, 0.5) is 11.6 Å². The first kappa shape index (κ1) is 37.3. The molecule has 284 valence electrons. The van der Waals surface area contributed by atoms with Crippen molar-refractivity contribution in [2.45, 2.75) is 116 Å². The Kier molecular flexibility index (Phi) is 9.03. The maximum atomic E-state index is 14.2. The molecule has 0 spiro atoms. The molecule has 0 unspecified atom stereocenters. The van der Waals surface area contributed by atoms with Gasteiger partial charge in [-0.05, 0) is 112 Å². The van der Waals surface area contributed by atoms with Crippen LogP contribution in [0.25, 0.3) is 22.2 Å². The summed E-state index contributed by atoms with van der Waals surface area (Å²) in [5.41, 5.74) is 0.673. The van der Waals surface area contributed by atoms with Crippen molar-refractivity contribution in [1.82, 2.24) is 19.9 Å². The summed E-state index contributed by atoms with van der Waals surface area (Å²) in [4.78, 5) is 48.2. The number of imide groups is 1. The van der Waals surface area contributed by atoms with Crippen LogP contribution >= 0.6 is 0 Å². The van der Waals surface area contributed by atoms with Gasteiger partial charge in [-0.25, -0.2) is 4.90 Å². The number of nitrogens with zero attached hydrogens (tertiary/aromatic N) is 6. The van der Waals surface area contributed by atoms with Crippen LogP contribution in [0, 0.1) is 0 Å². The molecule has 0 aliphatic carbocycles. The molecule has 11 heteroatoms. The van der Waals surface area contributed by atoms with Crippen molar-refractivity contribution in [3.05, 3.63) is 72.3 Å². The lowest BCUT2D eigenvalue weighted by Crippen LogP contribution is -2.60. The molecule has 7 rings (SSSR count). The molecule has 4 aromatic rings. The van der Waals surface area contributed by atoms with E-state index >= 15 is 0 Å². The third kappa shape index (κ3) is 6.36. The lowest BCUT2D eigenvalue weighted by molar-refractivity contribution is -0.0552. The first-order valence-electron chi connectivity index (χ1n) is 18.8. The van der Waals surface area contributed by atoms with Gasteiger partial charge in [0.15, 0.2) is 5.82 Å². The number of benzene rings is 3. The van der Waals surface area contributed by atoms with E-state index in [-0.39, 0.29) is 58.1 Å². The summed E-state index contributed by atoms with van der Waals surface area (Å²) in [6.07, 6.45) is 6.23. The zero-order chi connectivity index (χ0) is 39.0. The van der Waals surface area contributed by atoms with Crippen LogP contribution in [0.5, 0.6) is 17.5 Å². The van der Waals surface area contributed by atoms with Gasteiger partial charge in [-0.1, -0.05) is 24.8 Å². The molecule has 0 radical (unpaired) electrons. The number of phenols is 1. The first-order chi connectivity index (χ1) is 25.3. The number of hydrogen-bond donors (Lipinski definition) is 1. The number of ether oxygens (including phenoxy) is 2. The second-order valence-corrected chi connectivity index (χ2v) is 17.5. The summed E-state index contributed by atoms with van der Waals surface area (Å²) in [5.74, 6) is 0.124. The molecule has 0 atom stereocenters. The molecule has 4 heterocycles. The van der Waals surface area contributed by atoms with Gasteiger partial charge in [0.25, 0.3) is 11.8 Å². The molecule has 0 saturated carbocycles. The Morgan fingerprint density at radius 1 is 0.833 bits per heavy atom. The fraction of sp³-hybridized carbons (Fsp3) is 0.465. The lowest BCUT2D eigenvalue weighted by atomic mass is 9.78. The number of anilines is 2. The van der Waals surface area contributed by atoms with Gasteiger partial charge in [-0.15, -0.1) is 0 Å². The smallest absolute Gasteiger partial charge is 0.322 e. The molecular weight excluding hydrogens is 681 g/mol. The maximum Gasteiger partial charge on any atom is 0.322 e. The molecule has 2 amide bonds. The number of carbonyl (C=O) groups excluding carboxylic acids is 2. The number of hydrogen-bond acceptors (Lipinski definition) is 10. The standard InChI is InChI=1S/C43H52N6O5/c1-11-22-53-39-45-35(44-38(46-39)49-40(2,3)20-13-21-41(49,4)5)28-17-16-26(23-32(28)50)48-36(51)30-15-12-14-29-33(19-18-31(34(29)30)37(48)52)54-27-24-42(6,7)47(10)43(8,9)25-27/h11-12,14-19,23,27,50H,1,13,20-22,24-25H2,2-10H3. The molecule has 11 nitrogen and oxygen atoms in total. The minimum absolute atomic E-state index is 0.0425. The Labute approximate surface area is 318 Å². The predicted octanol–water partition coefficient (Wildman–Crippen LogP) is 8.34. The Hall–Kier alpha value is -5.03. The van der Waals surface area contributed by atoms with E-state index in [0.29, 0.717) is 33.8 Å². The van der Waals surface area contributed by atoms with Crippen molar-refractivity contribution in [2.75, 3.05) is 23.5 Å². The van der Waals surface area contributed by atoms with E-state index in [1.807, 2.05) is 18.2 Å². The van der Waals surface area contributed by atoms with E-state index in [9.17, 15) is 14.7 Å². The lowest BCUT2D eigenvalue weighted by Gasteiger charge is -2.53. The van der Waals surface area contributed by atoms with Gasteiger partial charge in [0.05, 0.1) is 11.3 Å². The molecule has 2 fully saturated rings. The van der Waals surface area contributed by atoms with E-state index in [4.69, 9.17) is 14.5 Å². The second kappa shape index (κ2) is 13.1. The average molecular weight is 733 g/mol. The van der Waals surface area contributed by atoms with Gasteiger partial charge in [0.2, 0.25) is 5.95 Å². The van der Waals surface area contributed by atoms with Gasteiger partial charge in [0.1, 0.15) is 24.2 Å². The van der Waals surface area contributed by atoms with Crippen molar-refractivity contribution < 1.29 is 24.2 Å². The van der Waals surface area contributed by atoms with Crippen molar-refractivity contribution in [2.24, 2.45) is 0 Å². The van der Waals surface area contributed by atoms with E-state index in [1.54, 1.807) is 30.3 Å². The van der Waals surface area contributed by atoms with E-state index in [0.717, 1.165) is 42.4 Å². The Morgan fingerprint density at radius 2 is 1.46 bits per heavy atom. The highest BCUT2D eigenvalue weighted by molar-refractivity contribution is 6.36. The fourth-order valence-corrected chi connectivity index (χ4v) is 9.10. The van der Waals surface area contributed by atoms with Gasteiger partial charge in [-0.3, -0.25) is 14.5 Å². The summed E-state index contributed by atoms with van der Waals surface area (Å²) >= 11 is 0. The van der Waals surface area contributed by atoms with Crippen LogP contribution in [-0.4, -0.2) is 78.7 Å². The summed E-state index contributed by atoms with van der Waals surface area (Å²) in [5, 5.41) is 12.8. The molecule has 1 aromatic heterocycles. The Balaban J connectivity index is 1.22. The SMILES string of the molecule is C=CCOc1nc(-c2ccc(N3C(=O)c4cccc5c(OC6CC(C)(C)N(C)C(C)(C)C6)ccc(c45)C3=O)cc2O)nc(N2C(C)(C)CCCC2(C)C)n1. The fourth-order valence-electron chi connectivity index (χ4n) is 9.10. The van der Waals surface area contributed by atoms with Crippen molar-refractivity contribution >= 4 is 34.2 Å². The predicted molar refractivity (Wildman–Crippen MR) is 212 cm³/mol. The number of likely N-dealkylation sites (tertiary alicyclic amines) is 1. The quantitative estimate of drug-likeness (QED) is 0.140. The van der Waals surface area contributed by atoms with Gasteiger partial charge in [0, 0.05) is 63.0 Å². The largest absolute Gasteiger partial charge is 0.507 e. The van der Waals surface area contributed by atoms with Crippen LogP contribution in [0.2, 0.25) is 0 Å². The van der Waals surface area contributed by atoms with Gasteiger partial charge in [-0.2, -0.15) is 15.0 Å². The zero-order valence-electron chi connectivity index (χ0n) is 33.0. The minimum atomic E-state index is -0.485. The second-order valence-electron chi connectivity index (χ2n) is 17.5. The van der Waals surface area contributed by atoms with Crippen LogP contribution in [0.15, 0.2) is 61.2 Å². The number of piperidine rings is 2. The third-order valence-corrected chi connectivity index (χ3v) is 11.8. The van der Waals surface area contributed by atoms with E-state index in [2.05, 4.69) is 88.8 Å². The third-order valence-electron chi connectivity index (χ3n) is 11.8. The molecule has 3 aliphatic heterocycles. The molecule has 1 N–H and O–H groups in total. The van der Waals surface area contributed by atoms with E-state index < -0.39 is 11.8 Å². The average Bonchev–Trinajstić information content (AvgIpc) is 3.08. The highest BCUT2D eigenvalue weighted by atomic mass is 16.5. The molecule has 3 aromatic carbocycles. The minimum Gasteiger partial charge on any atom is -0.507 e. The normalized spacial score (nSPS) is 20.6. The van der Waals surface area contributed by atoms with Crippen LogP contribution < -0.4 is 19.3 Å². The number of aromatic hydroxyl groups is 1. The summed E-state index contributed by atoms with van der Waals surface area (Å²) in [6.45, 7) is 21.5. The van der Waals surface area contributed by atoms with Crippen LogP contribution in [-0.2, 0) is 0 Å². The summed E-state index contributed by atoms with van der Waals surface area (Å²) < 4.78 is 12.5. The Bertz CT molecular complexity index is 2120. The molecule has 2 saturated heterocycles. The highest BCUT2D eigenvalue weighted by Crippen LogP contribution is 2.44. The number of phenolic OH excluding ortho intramolecular Hbond substituents is 1. The van der Waals surface area contributed by atoms with Crippen molar-refractivity contribution in [3.63, 3.8) is 0 Å². The zero-order valence-corrected chi connectivity index (χ0v) is 33.0. The molecular formula is C43H52N6O5. The number of carbonyl (C=O) groups is 2. The number of rotatable bonds is 8. The van der Waals surface area contributed by atoms with Crippen molar-refractivity contribution in [1.29, 1.82) is 0 Å². The molecule has 0 bridgehead atoms. The Morgan fingerprint density at radius 3 is 2.09 bits per heavy atom.